The Morgan fingerprint density at radius 1 is 0.911 bits per heavy atom. The van der Waals surface area contributed by atoms with Gasteiger partial charge in [0.05, 0.1) is 30.5 Å². The summed E-state index contributed by atoms with van der Waals surface area (Å²) < 4.78 is 5.86. The van der Waals surface area contributed by atoms with Gasteiger partial charge >= 0.3 is 5.97 Å². The predicted molar refractivity (Wildman–Crippen MR) is 176 cm³/mol. The summed E-state index contributed by atoms with van der Waals surface area (Å²) in [5, 5.41) is 13.1. The highest BCUT2D eigenvalue weighted by Crippen LogP contribution is 2.26. The molecule has 7 nitrogen and oxygen atoms in total. The Morgan fingerprint density at radius 3 is 2.24 bits per heavy atom. The van der Waals surface area contributed by atoms with Gasteiger partial charge in [0.1, 0.15) is 6.61 Å². The first kappa shape index (κ1) is 33.4. The van der Waals surface area contributed by atoms with Gasteiger partial charge in [0.25, 0.3) is 0 Å². The van der Waals surface area contributed by atoms with Gasteiger partial charge in [0.2, 0.25) is 11.8 Å². The van der Waals surface area contributed by atoms with Crippen LogP contribution in [0.15, 0.2) is 110 Å². The lowest BCUT2D eigenvalue weighted by Crippen LogP contribution is -2.47. The van der Waals surface area contributed by atoms with Gasteiger partial charge in [-0.2, -0.15) is 0 Å². The molecule has 45 heavy (non-hydrogen) atoms. The van der Waals surface area contributed by atoms with Gasteiger partial charge in [-0.25, -0.2) is 0 Å². The fourth-order valence-electron chi connectivity index (χ4n) is 5.86. The topological polar surface area (TPSA) is 95.9 Å². The number of allylic oxidation sites excluding steroid dienone is 2. The van der Waals surface area contributed by atoms with E-state index in [-0.39, 0.29) is 49.4 Å². The van der Waals surface area contributed by atoms with E-state index in [4.69, 9.17) is 4.74 Å². The number of aliphatic hydroxyl groups excluding tert-OH is 1. The number of amides is 2. The van der Waals surface area contributed by atoms with Crippen molar-refractivity contribution in [3.63, 3.8) is 0 Å². The van der Waals surface area contributed by atoms with Crippen molar-refractivity contribution in [1.82, 2.24) is 10.2 Å². The number of fused-ring (bicyclic) bond motifs is 1. The molecule has 1 aliphatic rings. The van der Waals surface area contributed by atoms with Crippen molar-refractivity contribution in [2.24, 2.45) is 11.8 Å². The van der Waals surface area contributed by atoms with E-state index in [1.54, 1.807) is 17.1 Å². The van der Waals surface area contributed by atoms with E-state index in [9.17, 15) is 19.5 Å². The van der Waals surface area contributed by atoms with E-state index in [1.165, 1.54) is 0 Å². The highest BCUT2D eigenvalue weighted by molar-refractivity contribution is 5.86. The molecule has 2 N–H and O–H groups in total. The lowest BCUT2D eigenvalue weighted by molar-refractivity contribution is -0.150. The molecule has 1 heterocycles. The van der Waals surface area contributed by atoms with Crippen LogP contribution in [0.25, 0.3) is 0 Å². The van der Waals surface area contributed by atoms with Crippen molar-refractivity contribution in [3.8, 4) is 0 Å². The first-order valence-corrected chi connectivity index (χ1v) is 15.7. The summed E-state index contributed by atoms with van der Waals surface area (Å²) in [6, 6.07) is 26.2. The Labute approximate surface area is 266 Å². The molecule has 236 valence electrons. The zero-order valence-corrected chi connectivity index (χ0v) is 25.9. The first-order valence-electron chi connectivity index (χ1n) is 15.7. The van der Waals surface area contributed by atoms with Gasteiger partial charge in [0.15, 0.2) is 0 Å². The van der Waals surface area contributed by atoms with Crippen LogP contribution in [0.4, 0.5) is 0 Å². The van der Waals surface area contributed by atoms with E-state index in [2.05, 4.69) is 18.5 Å². The number of esters is 1. The first-order chi connectivity index (χ1) is 21.9. The van der Waals surface area contributed by atoms with Crippen LogP contribution in [0.2, 0.25) is 0 Å². The average Bonchev–Trinajstić information content (AvgIpc) is 3.08. The molecule has 0 aliphatic carbocycles. The zero-order valence-electron chi connectivity index (χ0n) is 25.9. The smallest absolute Gasteiger partial charge is 0.309 e. The molecule has 0 saturated heterocycles. The number of hydrogen-bond acceptors (Lipinski definition) is 5. The van der Waals surface area contributed by atoms with Gasteiger partial charge in [0, 0.05) is 13.0 Å². The molecule has 3 aromatic rings. The molecule has 4 atom stereocenters. The van der Waals surface area contributed by atoms with E-state index in [0.29, 0.717) is 38.6 Å². The Balaban J connectivity index is 1.45. The van der Waals surface area contributed by atoms with Crippen LogP contribution < -0.4 is 5.32 Å². The lowest BCUT2D eigenvalue weighted by atomic mass is 9.92. The second kappa shape index (κ2) is 17.1. The van der Waals surface area contributed by atoms with Crippen molar-refractivity contribution < 1.29 is 24.2 Å². The number of nitrogens with one attached hydrogen (secondary N) is 1. The highest BCUT2D eigenvalue weighted by atomic mass is 16.5. The largest absolute Gasteiger partial charge is 0.463 e. The minimum Gasteiger partial charge on any atom is -0.463 e. The average molecular weight is 609 g/mol. The van der Waals surface area contributed by atoms with Crippen molar-refractivity contribution >= 4 is 17.8 Å². The summed E-state index contributed by atoms with van der Waals surface area (Å²) in [7, 11) is 0. The van der Waals surface area contributed by atoms with Crippen LogP contribution in [-0.4, -0.2) is 47.0 Å². The lowest BCUT2D eigenvalue weighted by Gasteiger charge is -2.36. The molecular formula is C38H44N2O5. The molecule has 0 bridgehead atoms. The molecule has 1 aliphatic heterocycles. The summed E-state index contributed by atoms with van der Waals surface area (Å²) in [5.41, 5.74) is 4.01. The maximum absolute atomic E-state index is 13.7. The third kappa shape index (κ3) is 9.50. The number of aliphatic hydroxyl groups is 1. The summed E-state index contributed by atoms with van der Waals surface area (Å²) >= 11 is 0. The molecule has 0 fully saturated rings. The molecule has 4 rings (SSSR count). The number of hydrogen-bond donors (Lipinski definition) is 2. The minimum absolute atomic E-state index is 0.0292. The molecule has 0 radical (unpaired) electrons. The standard InChI is InChI=1S/C38H44N2O5/c1-3-5-17-32(22-28-15-8-6-9-16-28)38(44)45-27-35(29-18-10-7-11-19-29)39-37(43)31(14-4-2)24-36(42)40-25-33-21-13-12-20-30(33)23-34(40)26-41/h3-4,6-13,15-16,18-21,31-32,34-35,41H,1-2,5,14,17,22-27H2,(H,39,43)/t31-,32-,34+,35+/m1/s1. The Morgan fingerprint density at radius 2 is 1.58 bits per heavy atom. The Hall–Kier alpha value is -4.49. The summed E-state index contributed by atoms with van der Waals surface area (Å²) in [4.78, 5) is 42.3. The van der Waals surface area contributed by atoms with Gasteiger partial charge < -0.3 is 20.1 Å². The van der Waals surface area contributed by atoms with Crippen LogP contribution in [0.1, 0.15) is 54.0 Å². The van der Waals surface area contributed by atoms with Crippen molar-refractivity contribution in [2.75, 3.05) is 13.2 Å². The zero-order chi connectivity index (χ0) is 32.0. The monoisotopic (exact) mass is 608 g/mol. The van der Waals surface area contributed by atoms with Crippen LogP contribution in [-0.2, 0) is 38.5 Å². The molecule has 3 aromatic carbocycles. The highest BCUT2D eigenvalue weighted by Gasteiger charge is 2.33. The van der Waals surface area contributed by atoms with E-state index < -0.39 is 12.0 Å². The molecule has 7 heteroatoms. The molecule has 0 saturated carbocycles. The number of carbonyl (C=O) groups excluding carboxylic acids is 3. The maximum atomic E-state index is 13.7. The van der Waals surface area contributed by atoms with Crippen LogP contribution in [0, 0.1) is 11.8 Å². The van der Waals surface area contributed by atoms with Crippen molar-refractivity contribution in [2.45, 2.75) is 57.2 Å². The number of ether oxygens (including phenoxy) is 1. The summed E-state index contributed by atoms with van der Waals surface area (Å²) in [5.74, 6) is -1.86. The van der Waals surface area contributed by atoms with E-state index >= 15 is 0 Å². The number of carbonyl (C=O) groups is 3. The Kier molecular flexibility index (Phi) is 12.7. The quantitative estimate of drug-likeness (QED) is 0.160. The summed E-state index contributed by atoms with van der Waals surface area (Å²) in [6.45, 7) is 7.81. The fourth-order valence-corrected chi connectivity index (χ4v) is 5.86. The molecule has 0 unspecified atom stereocenters. The molecule has 0 spiro atoms. The van der Waals surface area contributed by atoms with Crippen LogP contribution in [0.3, 0.4) is 0 Å². The maximum Gasteiger partial charge on any atom is 0.309 e. The van der Waals surface area contributed by atoms with Crippen LogP contribution >= 0.6 is 0 Å². The van der Waals surface area contributed by atoms with Crippen molar-refractivity contribution in [3.05, 3.63) is 132 Å². The second-order valence-electron chi connectivity index (χ2n) is 11.6. The van der Waals surface area contributed by atoms with E-state index in [0.717, 1.165) is 22.3 Å². The van der Waals surface area contributed by atoms with E-state index in [1.807, 2.05) is 84.9 Å². The van der Waals surface area contributed by atoms with Crippen LogP contribution in [0.5, 0.6) is 0 Å². The third-order valence-corrected chi connectivity index (χ3v) is 8.42. The Bertz CT molecular complexity index is 1420. The SMILES string of the molecule is C=CCC[C@H](Cc1ccccc1)C(=O)OC[C@H](NC(=O)[C@H](CC=C)CC(=O)N1Cc2ccccc2C[C@H]1CO)c1ccccc1. The van der Waals surface area contributed by atoms with Crippen molar-refractivity contribution in [1.29, 1.82) is 0 Å². The van der Waals surface area contributed by atoms with Gasteiger partial charge in [-0.15, -0.1) is 13.2 Å². The summed E-state index contributed by atoms with van der Waals surface area (Å²) in [6.07, 6.45) is 6.11. The normalized spacial score (nSPS) is 16.0. The minimum atomic E-state index is -0.674. The number of rotatable bonds is 16. The van der Waals surface area contributed by atoms with Gasteiger partial charge in [-0.3, -0.25) is 14.4 Å². The number of benzene rings is 3. The molecular weight excluding hydrogens is 564 g/mol. The molecule has 0 aromatic heterocycles. The number of nitrogens with zero attached hydrogens (tertiary/aromatic N) is 1. The van der Waals surface area contributed by atoms with Gasteiger partial charge in [-0.1, -0.05) is 97.1 Å². The second-order valence-corrected chi connectivity index (χ2v) is 11.6. The predicted octanol–water partition coefficient (Wildman–Crippen LogP) is 5.74. The fraction of sp³-hybridized carbons (Fsp3) is 0.342. The third-order valence-electron chi connectivity index (χ3n) is 8.42. The molecule has 2 amide bonds. The van der Waals surface area contributed by atoms with Gasteiger partial charge in [-0.05, 0) is 54.4 Å².